The van der Waals surface area contributed by atoms with E-state index in [0.29, 0.717) is 0 Å². The van der Waals surface area contributed by atoms with Gasteiger partial charge < -0.3 is 0 Å². The summed E-state index contributed by atoms with van der Waals surface area (Å²) in [4.78, 5) is 8.72. The van der Waals surface area contributed by atoms with E-state index in [4.69, 9.17) is 0 Å². The lowest BCUT2D eigenvalue weighted by molar-refractivity contribution is 0.351. The molecule has 70 valence electrons. The monoisotopic (exact) mass is 184 g/mol. The van der Waals surface area contributed by atoms with Crippen molar-refractivity contribution in [1.82, 2.24) is 0 Å². The largest absolute Gasteiger partial charge is 0.264 e. The van der Waals surface area contributed by atoms with Gasteiger partial charge in [-0.3, -0.25) is 9.98 Å². The molecule has 0 saturated heterocycles. The number of hydrogen-bond donors (Lipinski definition) is 0. The minimum absolute atomic E-state index is 0.00347. The van der Waals surface area contributed by atoms with E-state index in [1.807, 2.05) is 18.5 Å². The number of aliphatic imine (C=N–C) groups is 2. The summed E-state index contributed by atoms with van der Waals surface area (Å²) in [5, 5.41) is 0. The van der Waals surface area contributed by atoms with Gasteiger partial charge in [0.15, 0.2) is 0 Å². The van der Waals surface area contributed by atoms with E-state index in [0.717, 1.165) is 5.70 Å². The van der Waals surface area contributed by atoms with E-state index >= 15 is 0 Å². The van der Waals surface area contributed by atoms with Crippen LogP contribution in [0.25, 0.3) is 0 Å². The maximum Gasteiger partial charge on any atom is 0.0531 e. The molecule has 2 nitrogen and oxygen atoms in total. The van der Waals surface area contributed by atoms with Crippen molar-refractivity contribution in [2.75, 3.05) is 0 Å². The van der Waals surface area contributed by atoms with Crippen LogP contribution in [0.4, 0.5) is 0 Å². The highest BCUT2D eigenvalue weighted by molar-refractivity contribution is 5.85. The minimum Gasteiger partial charge on any atom is -0.264 e. The summed E-state index contributed by atoms with van der Waals surface area (Å²) >= 11 is 0. The lowest BCUT2D eigenvalue weighted by atomic mass is 9.67. The summed E-state index contributed by atoms with van der Waals surface area (Å²) in [5.74, 6) is 0. The van der Waals surface area contributed by atoms with Gasteiger partial charge in [0.05, 0.1) is 11.1 Å². The zero-order chi connectivity index (χ0) is 9.81. The van der Waals surface area contributed by atoms with Crippen LogP contribution in [0, 0.1) is 10.8 Å². The molecule has 0 aromatic rings. The molecule has 0 amide bonds. The number of nitrogens with zero attached hydrogens (tertiary/aromatic N) is 2. The van der Waals surface area contributed by atoms with Crippen molar-refractivity contribution in [2.45, 2.75) is 13.8 Å². The van der Waals surface area contributed by atoms with Gasteiger partial charge in [0.25, 0.3) is 0 Å². The quantitative estimate of drug-likeness (QED) is 0.552. The Kier molecular flexibility index (Phi) is 1.21. The second-order valence-corrected chi connectivity index (χ2v) is 4.43. The molecule has 0 fully saturated rings. The molecule has 0 radical (unpaired) electrons. The third-order valence-electron chi connectivity index (χ3n) is 3.78. The summed E-state index contributed by atoms with van der Waals surface area (Å²) in [6, 6.07) is 0. The van der Waals surface area contributed by atoms with E-state index in [-0.39, 0.29) is 10.8 Å². The van der Waals surface area contributed by atoms with Crippen molar-refractivity contribution in [1.29, 1.82) is 0 Å². The SMILES string of the molecule is CC12C=CC3=CN=CC=C(N=C1)C32C. The fourth-order valence-corrected chi connectivity index (χ4v) is 2.45. The van der Waals surface area contributed by atoms with Crippen molar-refractivity contribution >= 4 is 12.4 Å². The van der Waals surface area contributed by atoms with Crippen molar-refractivity contribution in [3.8, 4) is 0 Å². The highest BCUT2D eigenvalue weighted by Crippen LogP contribution is 2.58. The van der Waals surface area contributed by atoms with Crippen LogP contribution in [-0.2, 0) is 0 Å². The molecule has 0 saturated carbocycles. The third kappa shape index (κ3) is 0.649. The van der Waals surface area contributed by atoms with E-state index in [9.17, 15) is 0 Å². The Hall–Kier alpha value is -1.44. The first-order valence-corrected chi connectivity index (χ1v) is 4.86. The lowest BCUT2D eigenvalue weighted by Gasteiger charge is -2.33. The van der Waals surface area contributed by atoms with Gasteiger partial charge in [-0.1, -0.05) is 12.2 Å². The third-order valence-corrected chi connectivity index (χ3v) is 3.78. The summed E-state index contributed by atoms with van der Waals surface area (Å²) in [7, 11) is 0. The number of hydrogen-bond acceptors (Lipinski definition) is 2. The molecule has 0 spiro atoms. The molecule has 1 aliphatic carbocycles. The summed E-state index contributed by atoms with van der Waals surface area (Å²) in [6.45, 7) is 4.46. The van der Waals surface area contributed by atoms with Crippen LogP contribution in [0.1, 0.15) is 13.8 Å². The molecule has 3 aliphatic rings. The van der Waals surface area contributed by atoms with Gasteiger partial charge in [0.1, 0.15) is 0 Å². The molecule has 0 aromatic heterocycles. The second-order valence-electron chi connectivity index (χ2n) is 4.43. The molecule has 0 N–H and O–H groups in total. The van der Waals surface area contributed by atoms with Crippen LogP contribution < -0.4 is 0 Å². The zero-order valence-electron chi connectivity index (χ0n) is 8.36. The number of allylic oxidation sites excluding steroid dienone is 4. The number of rotatable bonds is 0. The molecule has 2 atom stereocenters. The second kappa shape index (κ2) is 2.14. The van der Waals surface area contributed by atoms with Gasteiger partial charge in [-0.05, 0) is 25.5 Å². The Morgan fingerprint density at radius 3 is 3.00 bits per heavy atom. The van der Waals surface area contributed by atoms with Gasteiger partial charge >= 0.3 is 0 Å². The predicted molar refractivity (Wildman–Crippen MR) is 58.5 cm³/mol. The van der Waals surface area contributed by atoms with Gasteiger partial charge in [-0.25, -0.2) is 0 Å². The van der Waals surface area contributed by atoms with Gasteiger partial charge in [-0.15, -0.1) is 0 Å². The van der Waals surface area contributed by atoms with Gasteiger partial charge in [0.2, 0.25) is 0 Å². The fraction of sp³-hybridized carbons (Fsp3) is 0.333. The van der Waals surface area contributed by atoms with Crippen molar-refractivity contribution in [3.63, 3.8) is 0 Å². The zero-order valence-corrected chi connectivity index (χ0v) is 8.36. The van der Waals surface area contributed by atoms with Crippen molar-refractivity contribution < 1.29 is 0 Å². The molecule has 14 heavy (non-hydrogen) atoms. The molecule has 2 unspecified atom stereocenters. The normalized spacial score (nSPS) is 42.1. The fourth-order valence-electron chi connectivity index (χ4n) is 2.45. The Bertz CT molecular complexity index is 413. The molecule has 2 aliphatic heterocycles. The summed E-state index contributed by atoms with van der Waals surface area (Å²) in [6.07, 6.45) is 12.2. The lowest BCUT2D eigenvalue weighted by Crippen LogP contribution is -2.31. The molecule has 0 bridgehead atoms. The van der Waals surface area contributed by atoms with Crippen LogP contribution in [0.3, 0.4) is 0 Å². The molecular weight excluding hydrogens is 172 g/mol. The molecule has 2 heteroatoms. The van der Waals surface area contributed by atoms with Gasteiger partial charge in [0, 0.05) is 24.0 Å². The summed E-state index contributed by atoms with van der Waals surface area (Å²) in [5.41, 5.74) is 2.43. The van der Waals surface area contributed by atoms with Crippen LogP contribution in [0.2, 0.25) is 0 Å². The average Bonchev–Trinajstić information content (AvgIpc) is 2.49. The maximum absolute atomic E-state index is 4.50. The summed E-state index contributed by atoms with van der Waals surface area (Å²) < 4.78 is 0. The van der Waals surface area contributed by atoms with E-state index in [2.05, 4.69) is 42.2 Å². The van der Waals surface area contributed by atoms with Crippen molar-refractivity contribution in [3.05, 3.63) is 35.7 Å². The standard InChI is InChI=1S/C12H12N2/c1-11-5-3-9-7-13-6-4-10(14-8-11)12(9,11)2/h3-8H,1-2H3. The Morgan fingerprint density at radius 2 is 2.14 bits per heavy atom. The van der Waals surface area contributed by atoms with Crippen LogP contribution in [0.15, 0.2) is 45.7 Å². The van der Waals surface area contributed by atoms with Crippen LogP contribution in [-0.4, -0.2) is 12.4 Å². The molecule has 0 aromatic carbocycles. The Labute approximate surface area is 83.5 Å². The first-order chi connectivity index (χ1) is 6.67. The van der Waals surface area contributed by atoms with Crippen LogP contribution in [0.5, 0.6) is 0 Å². The first-order valence-electron chi connectivity index (χ1n) is 4.86. The molecule has 2 heterocycles. The van der Waals surface area contributed by atoms with E-state index in [1.54, 1.807) is 0 Å². The van der Waals surface area contributed by atoms with E-state index < -0.39 is 0 Å². The smallest absolute Gasteiger partial charge is 0.0531 e. The maximum atomic E-state index is 4.50. The average molecular weight is 184 g/mol. The highest BCUT2D eigenvalue weighted by atomic mass is 14.9. The molecule has 3 rings (SSSR count). The Balaban J connectivity index is 2.34. The molecular formula is C12H12N2. The van der Waals surface area contributed by atoms with Gasteiger partial charge in [-0.2, -0.15) is 0 Å². The van der Waals surface area contributed by atoms with Crippen LogP contribution >= 0.6 is 0 Å². The van der Waals surface area contributed by atoms with E-state index in [1.165, 1.54) is 5.57 Å². The van der Waals surface area contributed by atoms with Crippen molar-refractivity contribution in [2.24, 2.45) is 20.8 Å². The highest BCUT2D eigenvalue weighted by Gasteiger charge is 2.53. The Morgan fingerprint density at radius 1 is 1.29 bits per heavy atom. The minimum atomic E-state index is 0.00347. The topological polar surface area (TPSA) is 24.7 Å². The predicted octanol–water partition coefficient (Wildman–Crippen LogP) is 2.51. The first kappa shape index (κ1) is 7.92.